The van der Waals surface area contributed by atoms with Gasteiger partial charge in [0.25, 0.3) is 0 Å². The molecule has 3 rings (SSSR count). The lowest BCUT2D eigenvalue weighted by Crippen LogP contribution is -1.84. The second-order valence-corrected chi connectivity index (χ2v) is 9.79. The fourth-order valence-corrected chi connectivity index (χ4v) is 8.54. The van der Waals surface area contributed by atoms with Crippen molar-refractivity contribution in [1.82, 2.24) is 0 Å². The normalized spacial score (nSPS) is 22.2. The number of hydrogen-bond donors (Lipinski definition) is 0. The zero-order valence-electron chi connectivity index (χ0n) is 9.60. The molecule has 0 spiro atoms. The highest BCUT2D eigenvalue weighted by atomic mass is 33.5. The summed E-state index contributed by atoms with van der Waals surface area (Å²) >= 11 is 0. The van der Waals surface area contributed by atoms with E-state index in [1.165, 1.54) is 20.2 Å². The van der Waals surface area contributed by atoms with Crippen molar-refractivity contribution in [2.75, 3.05) is 7.11 Å². The second kappa shape index (κ2) is 4.59. The van der Waals surface area contributed by atoms with Gasteiger partial charge in [-0.2, -0.15) is 0 Å². The van der Waals surface area contributed by atoms with Crippen molar-refractivity contribution in [3.05, 3.63) is 46.9 Å². The molecule has 17 heavy (non-hydrogen) atoms. The lowest BCUT2D eigenvalue weighted by molar-refractivity contribution is 0.415. The van der Waals surface area contributed by atoms with Crippen LogP contribution in [0.25, 0.3) is 4.91 Å². The van der Waals surface area contributed by atoms with Crippen LogP contribution in [0, 0.1) is 0 Å². The maximum atomic E-state index is 5.18. The molecule has 1 aromatic rings. The second-order valence-electron chi connectivity index (χ2n) is 3.80. The van der Waals surface area contributed by atoms with E-state index in [0.29, 0.717) is 8.55 Å². The first-order chi connectivity index (χ1) is 8.26. The third-order valence-corrected chi connectivity index (χ3v) is 9.01. The monoisotopic (exact) mass is 280 g/mol. The summed E-state index contributed by atoms with van der Waals surface area (Å²) in [6.07, 6.45) is 4.62. The van der Waals surface area contributed by atoms with E-state index in [9.17, 15) is 0 Å². The van der Waals surface area contributed by atoms with E-state index < -0.39 is 0 Å². The van der Waals surface area contributed by atoms with Gasteiger partial charge in [-0.3, -0.25) is 0 Å². The summed E-state index contributed by atoms with van der Waals surface area (Å²) in [7, 11) is 5.95. The van der Waals surface area contributed by atoms with E-state index >= 15 is 0 Å². The predicted octanol–water partition coefficient (Wildman–Crippen LogP) is 4.70. The van der Waals surface area contributed by atoms with Crippen LogP contribution in [0.5, 0.6) is 5.75 Å². The van der Waals surface area contributed by atoms with Crippen LogP contribution in [0.15, 0.2) is 41.3 Å². The maximum Gasteiger partial charge on any atom is 0.118 e. The largest absolute Gasteiger partial charge is 0.497 e. The molecular formula is C13H12OS3. The topological polar surface area (TPSA) is 9.23 Å². The molecule has 0 radical (unpaired) electrons. The van der Waals surface area contributed by atoms with Gasteiger partial charge < -0.3 is 4.74 Å². The van der Waals surface area contributed by atoms with Crippen molar-refractivity contribution in [1.29, 1.82) is 0 Å². The van der Waals surface area contributed by atoms with Crippen LogP contribution in [0.3, 0.4) is 0 Å². The third kappa shape index (κ3) is 2.21. The van der Waals surface area contributed by atoms with Gasteiger partial charge in [0.2, 0.25) is 0 Å². The van der Waals surface area contributed by atoms with E-state index in [2.05, 4.69) is 31.2 Å². The Labute approximate surface area is 111 Å². The standard InChI is InChI=1S/C13H12OS3/c1-9-7-12-8-13(16-17(12)15-9)10-3-5-11(14-2)6-4-10/h3-8H,1-2H3. The Morgan fingerprint density at radius 2 is 1.82 bits per heavy atom. The van der Waals surface area contributed by atoms with Crippen molar-refractivity contribution in [3.8, 4) is 5.75 Å². The van der Waals surface area contributed by atoms with Crippen molar-refractivity contribution in [2.45, 2.75) is 6.92 Å². The molecule has 88 valence electrons. The van der Waals surface area contributed by atoms with Crippen LogP contribution in [0.4, 0.5) is 0 Å². The summed E-state index contributed by atoms with van der Waals surface area (Å²) in [5.41, 5.74) is 1.29. The Morgan fingerprint density at radius 3 is 2.47 bits per heavy atom. The molecule has 2 heterocycles. The summed E-state index contributed by atoms with van der Waals surface area (Å²) in [6.45, 7) is 2.18. The zero-order chi connectivity index (χ0) is 11.8. The maximum absolute atomic E-state index is 5.18. The van der Waals surface area contributed by atoms with Crippen molar-refractivity contribution in [3.63, 3.8) is 0 Å². The number of benzene rings is 1. The lowest BCUT2D eigenvalue weighted by Gasteiger charge is -2.05. The van der Waals surface area contributed by atoms with Crippen LogP contribution in [-0.2, 0) is 0 Å². The summed E-state index contributed by atoms with van der Waals surface area (Å²) < 4.78 is 5.18. The van der Waals surface area contributed by atoms with Crippen LogP contribution >= 0.6 is 30.1 Å². The summed E-state index contributed by atoms with van der Waals surface area (Å²) in [6, 6.07) is 8.30. The number of rotatable bonds is 2. The highest BCUT2D eigenvalue weighted by molar-refractivity contribution is 9.18. The highest BCUT2D eigenvalue weighted by Gasteiger charge is 2.21. The molecule has 1 aromatic carbocycles. The molecule has 4 heteroatoms. The number of ether oxygens (including phenoxy) is 1. The Bertz CT molecular complexity index is 553. The Hall–Kier alpha value is -0.580. The molecule has 0 aromatic heterocycles. The van der Waals surface area contributed by atoms with E-state index in [1.807, 2.05) is 33.7 Å². The molecule has 1 nitrogen and oxygen atoms in total. The van der Waals surface area contributed by atoms with Crippen LogP contribution in [-0.4, -0.2) is 12.0 Å². The van der Waals surface area contributed by atoms with Gasteiger partial charge in [-0.1, -0.05) is 42.3 Å². The van der Waals surface area contributed by atoms with Crippen LogP contribution < -0.4 is 4.74 Å². The molecule has 2 aliphatic rings. The molecule has 2 aliphatic heterocycles. The summed E-state index contributed by atoms with van der Waals surface area (Å²) in [4.78, 5) is 4.28. The van der Waals surface area contributed by atoms with Crippen molar-refractivity contribution >= 4 is 39.9 Å². The molecule has 0 aliphatic carbocycles. The SMILES string of the molecule is COc1ccc(C2=CC3=S(SC(C)=C3)S2)cc1. The minimum Gasteiger partial charge on any atom is -0.497 e. The van der Waals surface area contributed by atoms with Gasteiger partial charge in [-0.05, 0) is 41.7 Å². The number of methoxy groups -OCH3 is 1. The third-order valence-electron chi connectivity index (χ3n) is 2.56. The first-order valence-corrected chi connectivity index (χ1v) is 9.18. The van der Waals surface area contributed by atoms with E-state index in [1.54, 1.807) is 7.11 Å². The molecule has 1 atom stereocenters. The van der Waals surface area contributed by atoms with Crippen LogP contribution in [0.2, 0.25) is 0 Å². The average molecular weight is 280 g/mol. The van der Waals surface area contributed by atoms with Gasteiger partial charge in [0.1, 0.15) is 5.75 Å². The average Bonchev–Trinajstić information content (AvgIpc) is 2.86. The molecule has 0 saturated carbocycles. The van der Waals surface area contributed by atoms with Gasteiger partial charge in [0, 0.05) is 9.77 Å². The minimum atomic E-state index is 0.298. The minimum absolute atomic E-state index is 0.298. The fourth-order valence-electron chi connectivity index (χ4n) is 1.72. The first-order valence-electron chi connectivity index (χ1n) is 5.28. The first kappa shape index (κ1) is 11.5. The number of allylic oxidation sites excluding steroid dienone is 3. The predicted molar refractivity (Wildman–Crippen MR) is 82.5 cm³/mol. The number of hydrogen-bond acceptors (Lipinski definition) is 3. The highest BCUT2D eigenvalue weighted by Crippen LogP contribution is 2.61. The van der Waals surface area contributed by atoms with Gasteiger partial charge >= 0.3 is 0 Å². The summed E-state index contributed by atoms with van der Waals surface area (Å²) in [5, 5.41) is 0. The van der Waals surface area contributed by atoms with E-state index in [4.69, 9.17) is 4.74 Å². The Balaban J connectivity index is 1.85. The fraction of sp³-hybridized carbons (Fsp3) is 0.154. The van der Waals surface area contributed by atoms with Gasteiger partial charge in [0.15, 0.2) is 0 Å². The molecular weight excluding hydrogens is 268 g/mol. The molecule has 0 bridgehead atoms. The van der Waals surface area contributed by atoms with Gasteiger partial charge in [-0.25, -0.2) is 0 Å². The quantitative estimate of drug-likeness (QED) is 0.574. The molecule has 0 saturated heterocycles. The molecule has 0 fully saturated rings. The van der Waals surface area contributed by atoms with Gasteiger partial charge in [-0.15, -0.1) is 0 Å². The van der Waals surface area contributed by atoms with E-state index in [-0.39, 0.29) is 0 Å². The lowest BCUT2D eigenvalue weighted by atomic mass is 10.2. The molecule has 1 unspecified atom stereocenters. The van der Waals surface area contributed by atoms with Crippen molar-refractivity contribution in [2.24, 2.45) is 0 Å². The Kier molecular flexibility index (Phi) is 3.11. The zero-order valence-corrected chi connectivity index (χ0v) is 12.0. The smallest absolute Gasteiger partial charge is 0.118 e. The Morgan fingerprint density at radius 1 is 1.06 bits per heavy atom. The van der Waals surface area contributed by atoms with E-state index in [0.717, 1.165) is 5.75 Å². The molecule has 0 amide bonds. The van der Waals surface area contributed by atoms with Gasteiger partial charge in [0.05, 0.1) is 7.11 Å². The van der Waals surface area contributed by atoms with Crippen LogP contribution in [0.1, 0.15) is 12.5 Å². The summed E-state index contributed by atoms with van der Waals surface area (Å²) in [5.74, 6) is 0.915. The molecule has 0 N–H and O–H groups in total. The van der Waals surface area contributed by atoms with Crippen molar-refractivity contribution < 1.29 is 4.74 Å².